The molecular weight excluding hydrogens is 214 g/mol. The summed E-state index contributed by atoms with van der Waals surface area (Å²) in [6.45, 7) is 0. The van der Waals surface area contributed by atoms with E-state index in [0.29, 0.717) is 12.8 Å². The van der Waals surface area contributed by atoms with Crippen molar-refractivity contribution in [3.8, 4) is 5.69 Å². The first kappa shape index (κ1) is 11.4. The molecule has 0 saturated heterocycles. The zero-order chi connectivity index (χ0) is 12.1. The molecule has 0 aliphatic rings. The van der Waals surface area contributed by atoms with Crippen molar-refractivity contribution in [1.82, 2.24) is 9.99 Å². The van der Waals surface area contributed by atoms with E-state index in [4.69, 9.17) is 5.84 Å². The summed E-state index contributed by atoms with van der Waals surface area (Å²) in [5.74, 6) is 4.88. The van der Waals surface area contributed by atoms with Crippen LogP contribution in [-0.4, -0.2) is 10.5 Å². The minimum absolute atomic E-state index is 0.139. The molecule has 0 unspecified atom stereocenters. The minimum atomic E-state index is -0.139. The molecule has 88 valence electrons. The number of nitrogens with one attached hydrogen (secondary N) is 1. The molecule has 1 amide bonds. The average molecular weight is 229 g/mol. The predicted molar refractivity (Wildman–Crippen MR) is 66.4 cm³/mol. The van der Waals surface area contributed by atoms with Crippen molar-refractivity contribution in [2.24, 2.45) is 5.84 Å². The van der Waals surface area contributed by atoms with Crippen molar-refractivity contribution >= 4 is 5.91 Å². The summed E-state index contributed by atoms with van der Waals surface area (Å²) in [5, 5.41) is 0. The predicted octanol–water partition coefficient (Wildman–Crippen LogP) is 1.40. The fourth-order valence-electron chi connectivity index (χ4n) is 1.67. The molecule has 0 spiro atoms. The van der Waals surface area contributed by atoms with Crippen LogP contribution in [0.1, 0.15) is 12.0 Å². The van der Waals surface area contributed by atoms with Crippen LogP contribution in [0.25, 0.3) is 5.69 Å². The van der Waals surface area contributed by atoms with Crippen molar-refractivity contribution in [2.45, 2.75) is 12.8 Å². The molecular formula is C13H15N3O. The smallest absolute Gasteiger partial charge is 0.234 e. The van der Waals surface area contributed by atoms with Crippen LogP contribution >= 0.6 is 0 Å². The topological polar surface area (TPSA) is 60.0 Å². The lowest BCUT2D eigenvalue weighted by Crippen LogP contribution is -2.30. The molecule has 0 radical (unpaired) electrons. The first-order valence-electron chi connectivity index (χ1n) is 5.51. The SMILES string of the molecule is NNC(=O)CCc1ccc(-n2cccc2)cc1. The third-order valence-corrected chi connectivity index (χ3v) is 2.64. The number of hydrogen-bond donors (Lipinski definition) is 2. The Bertz CT molecular complexity index is 474. The van der Waals surface area contributed by atoms with Crippen molar-refractivity contribution in [2.75, 3.05) is 0 Å². The Morgan fingerprint density at radius 1 is 1.18 bits per heavy atom. The Labute approximate surface area is 100 Å². The van der Waals surface area contributed by atoms with E-state index >= 15 is 0 Å². The highest BCUT2D eigenvalue weighted by molar-refractivity contribution is 5.75. The maximum absolute atomic E-state index is 11.0. The molecule has 0 atom stereocenters. The Kier molecular flexibility index (Phi) is 3.57. The molecule has 1 aromatic carbocycles. The van der Waals surface area contributed by atoms with Gasteiger partial charge in [-0.2, -0.15) is 0 Å². The fourth-order valence-corrected chi connectivity index (χ4v) is 1.67. The third-order valence-electron chi connectivity index (χ3n) is 2.64. The number of amides is 1. The van der Waals surface area contributed by atoms with Gasteiger partial charge < -0.3 is 4.57 Å². The summed E-state index contributed by atoms with van der Waals surface area (Å²) in [6.07, 6.45) is 5.11. The fraction of sp³-hybridized carbons (Fsp3) is 0.154. The average Bonchev–Trinajstić information content (AvgIpc) is 2.90. The second kappa shape index (κ2) is 5.32. The van der Waals surface area contributed by atoms with Gasteiger partial charge in [0.1, 0.15) is 0 Å². The van der Waals surface area contributed by atoms with Gasteiger partial charge in [-0.3, -0.25) is 10.2 Å². The number of nitrogens with two attached hydrogens (primary N) is 1. The summed E-state index contributed by atoms with van der Waals surface area (Å²) >= 11 is 0. The Balaban J connectivity index is 2.01. The van der Waals surface area contributed by atoms with Crippen LogP contribution in [0.3, 0.4) is 0 Å². The highest BCUT2D eigenvalue weighted by atomic mass is 16.2. The molecule has 17 heavy (non-hydrogen) atoms. The number of rotatable bonds is 4. The van der Waals surface area contributed by atoms with Gasteiger partial charge in [0.15, 0.2) is 0 Å². The molecule has 0 bridgehead atoms. The number of carbonyl (C=O) groups excluding carboxylic acids is 1. The summed E-state index contributed by atoms with van der Waals surface area (Å²) in [7, 11) is 0. The summed E-state index contributed by atoms with van der Waals surface area (Å²) in [4.78, 5) is 11.0. The monoisotopic (exact) mass is 229 g/mol. The lowest BCUT2D eigenvalue weighted by atomic mass is 10.1. The van der Waals surface area contributed by atoms with Gasteiger partial charge in [-0.05, 0) is 36.2 Å². The lowest BCUT2D eigenvalue weighted by molar-refractivity contribution is -0.121. The van der Waals surface area contributed by atoms with Gasteiger partial charge in [-0.1, -0.05) is 12.1 Å². The third kappa shape index (κ3) is 2.95. The first-order valence-corrected chi connectivity index (χ1v) is 5.51. The lowest BCUT2D eigenvalue weighted by Gasteiger charge is -2.05. The number of aromatic nitrogens is 1. The molecule has 2 rings (SSSR count). The molecule has 1 aromatic heterocycles. The van der Waals surface area contributed by atoms with E-state index in [-0.39, 0.29) is 5.91 Å². The van der Waals surface area contributed by atoms with E-state index in [0.717, 1.165) is 11.3 Å². The molecule has 4 heteroatoms. The summed E-state index contributed by atoms with van der Waals surface area (Å²) in [5.41, 5.74) is 4.37. The van der Waals surface area contributed by atoms with Gasteiger partial charge in [-0.25, -0.2) is 5.84 Å². The van der Waals surface area contributed by atoms with Crippen LogP contribution in [0, 0.1) is 0 Å². The highest BCUT2D eigenvalue weighted by Crippen LogP contribution is 2.11. The molecule has 1 heterocycles. The number of hydrogen-bond acceptors (Lipinski definition) is 2. The number of benzene rings is 1. The second-order valence-electron chi connectivity index (χ2n) is 3.82. The summed E-state index contributed by atoms with van der Waals surface area (Å²) < 4.78 is 2.04. The zero-order valence-electron chi connectivity index (χ0n) is 9.47. The van der Waals surface area contributed by atoms with Crippen LogP contribution in [-0.2, 0) is 11.2 Å². The Hall–Kier alpha value is -2.07. The largest absolute Gasteiger partial charge is 0.324 e. The molecule has 4 nitrogen and oxygen atoms in total. The van der Waals surface area contributed by atoms with Crippen LogP contribution in [0.15, 0.2) is 48.8 Å². The normalized spacial score (nSPS) is 10.2. The summed E-state index contributed by atoms with van der Waals surface area (Å²) in [6, 6.07) is 12.1. The van der Waals surface area contributed by atoms with E-state index in [9.17, 15) is 4.79 Å². The number of hydrazine groups is 1. The Morgan fingerprint density at radius 3 is 2.41 bits per heavy atom. The van der Waals surface area contributed by atoms with E-state index < -0.39 is 0 Å². The highest BCUT2D eigenvalue weighted by Gasteiger charge is 2.00. The van der Waals surface area contributed by atoms with Crippen molar-refractivity contribution < 1.29 is 4.79 Å². The Morgan fingerprint density at radius 2 is 1.82 bits per heavy atom. The van der Waals surface area contributed by atoms with E-state index in [1.807, 2.05) is 53.4 Å². The number of carbonyl (C=O) groups is 1. The molecule has 0 aliphatic heterocycles. The van der Waals surface area contributed by atoms with E-state index in [1.54, 1.807) is 0 Å². The molecule has 0 saturated carbocycles. The first-order chi connectivity index (χ1) is 8.29. The van der Waals surface area contributed by atoms with Gasteiger partial charge in [0.05, 0.1) is 0 Å². The van der Waals surface area contributed by atoms with Gasteiger partial charge in [0.2, 0.25) is 5.91 Å². The molecule has 2 aromatic rings. The quantitative estimate of drug-likeness (QED) is 0.473. The van der Waals surface area contributed by atoms with Crippen LogP contribution in [0.5, 0.6) is 0 Å². The molecule has 3 N–H and O–H groups in total. The van der Waals surface area contributed by atoms with Crippen LogP contribution in [0.4, 0.5) is 0 Å². The van der Waals surface area contributed by atoms with Crippen LogP contribution < -0.4 is 11.3 Å². The van der Waals surface area contributed by atoms with Crippen LogP contribution in [0.2, 0.25) is 0 Å². The minimum Gasteiger partial charge on any atom is -0.324 e. The van der Waals surface area contributed by atoms with Crippen molar-refractivity contribution in [3.63, 3.8) is 0 Å². The number of aryl methyl sites for hydroxylation is 1. The molecule has 0 aliphatic carbocycles. The maximum Gasteiger partial charge on any atom is 0.234 e. The van der Waals surface area contributed by atoms with Gasteiger partial charge in [0.25, 0.3) is 0 Å². The second-order valence-corrected chi connectivity index (χ2v) is 3.82. The van der Waals surface area contributed by atoms with Gasteiger partial charge in [-0.15, -0.1) is 0 Å². The number of nitrogens with zero attached hydrogens (tertiary/aromatic N) is 1. The standard InChI is InChI=1S/C13H15N3O/c14-15-13(17)8-5-11-3-6-12(7-4-11)16-9-1-2-10-16/h1-4,6-7,9-10H,5,8,14H2,(H,15,17). The van der Waals surface area contributed by atoms with Crippen molar-refractivity contribution in [1.29, 1.82) is 0 Å². The zero-order valence-corrected chi connectivity index (χ0v) is 9.47. The van der Waals surface area contributed by atoms with Gasteiger partial charge in [0, 0.05) is 24.5 Å². The van der Waals surface area contributed by atoms with E-state index in [2.05, 4.69) is 5.43 Å². The molecule has 0 fully saturated rings. The van der Waals surface area contributed by atoms with E-state index in [1.165, 1.54) is 0 Å². The maximum atomic E-state index is 11.0. The van der Waals surface area contributed by atoms with Crippen molar-refractivity contribution in [3.05, 3.63) is 54.4 Å². The van der Waals surface area contributed by atoms with Gasteiger partial charge >= 0.3 is 0 Å².